The highest BCUT2D eigenvalue weighted by atomic mass is 16.4. The second-order valence-electron chi connectivity index (χ2n) is 4.25. The maximum Gasteiger partial charge on any atom is 0.317 e. The fraction of sp³-hybridized carbons (Fsp3) is 0.750. The van der Waals surface area contributed by atoms with E-state index in [1.807, 2.05) is 6.92 Å². The Morgan fingerprint density at radius 1 is 1.11 bits per heavy atom. The van der Waals surface area contributed by atoms with Crippen molar-refractivity contribution in [2.45, 2.75) is 32.6 Å². The summed E-state index contributed by atoms with van der Waals surface area (Å²) in [6, 6.07) is -0.298. The van der Waals surface area contributed by atoms with E-state index in [-0.39, 0.29) is 31.3 Å². The molecule has 0 saturated heterocycles. The topological polar surface area (TPSA) is 98.7 Å². The third-order valence-electron chi connectivity index (χ3n) is 2.43. The lowest BCUT2D eigenvalue weighted by molar-refractivity contribution is -0.137. The molecular weight excluding hydrogens is 250 g/mol. The van der Waals surface area contributed by atoms with Crippen LogP contribution in [0.25, 0.3) is 0 Å². The van der Waals surface area contributed by atoms with Crippen LogP contribution in [0.5, 0.6) is 0 Å². The van der Waals surface area contributed by atoms with Crippen molar-refractivity contribution in [1.29, 1.82) is 0 Å². The molecule has 0 aromatic rings. The molecule has 19 heavy (non-hydrogen) atoms. The molecule has 0 rings (SSSR count). The molecule has 0 spiro atoms. The van der Waals surface area contributed by atoms with Crippen LogP contribution in [0.15, 0.2) is 0 Å². The number of hydrogen-bond acceptors (Lipinski definition) is 3. The zero-order valence-electron chi connectivity index (χ0n) is 11.6. The summed E-state index contributed by atoms with van der Waals surface area (Å²) in [5.41, 5.74) is 0. The van der Waals surface area contributed by atoms with Crippen molar-refractivity contribution >= 4 is 17.9 Å². The summed E-state index contributed by atoms with van der Waals surface area (Å²) >= 11 is 0. The Morgan fingerprint density at radius 2 is 1.79 bits per heavy atom. The minimum atomic E-state index is -0.874. The van der Waals surface area contributed by atoms with Crippen molar-refractivity contribution < 1.29 is 19.5 Å². The Kier molecular flexibility index (Phi) is 9.20. The average molecular weight is 273 g/mol. The lowest BCUT2D eigenvalue weighted by Gasteiger charge is -2.17. The quantitative estimate of drug-likeness (QED) is 0.566. The molecule has 0 aliphatic heterocycles. The largest absolute Gasteiger partial charge is 0.481 e. The van der Waals surface area contributed by atoms with E-state index in [4.69, 9.17) is 5.11 Å². The van der Waals surface area contributed by atoms with Crippen LogP contribution in [-0.2, 0) is 9.59 Å². The van der Waals surface area contributed by atoms with E-state index >= 15 is 0 Å². The van der Waals surface area contributed by atoms with Crippen LogP contribution in [0.4, 0.5) is 4.79 Å². The van der Waals surface area contributed by atoms with Gasteiger partial charge in [-0.1, -0.05) is 6.92 Å². The summed E-state index contributed by atoms with van der Waals surface area (Å²) in [6.07, 6.45) is 1.58. The second kappa shape index (κ2) is 10.2. The normalized spacial score (nSPS) is 9.79. The van der Waals surface area contributed by atoms with Crippen molar-refractivity contribution in [1.82, 2.24) is 15.5 Å². The van der Waals surface area contributed by atoms with Crippen LogP contribution >= 0.6 is 0 Å². The number of carbonyl (C=O) groups is 3. The molecule has 0 aromatic heterocycles. The van der Waals surface area contributed by atoms with E-state index in [0.717, 1.165) is 6.42 Å². The number of nitrogens with zero attached hydrogens (tertiary/aromatic N) is 1. The molecule has 0 aliphatic rings. The summed E-state index contributed by atoms with van der Waals surface area (Å²) in [7, 11) is 1.59. The molecular formula is C12H23N3O4. The molecule has 0 radical (unpaired) electrons. The van der Waals surface area contributed by atoms with E-state index < -0.39 is 5.97 Å². The smallest absolute Gasteiger partial charge is 0.317 e. The van der Waals surface area contributed by atoms with Crippen molar-refractivity contribution in [3.8, 4) is 0 Å². The standard InChI is InChI=1S/C12H23N3O4/c1-3-7-13-10(16)6-8-14-12(19)15(2)9-4-5-11(17)18/h3-9H2,1-2H3,(H,13,16)(H,14,19)(H,17,18). The van der Waals surface area contributed by atoms with E-state index in [1.165, 1.54) is 4.90 Å². The fourth-order valence-electron chi connectivity index (χ4n) is 1.34. The number of rotatable bonds is 9. The van der Waals surface area contributed by atoms with Gasteiger partial charge in [-0.3, -0.25) is 9.59 Å². The van der Waals surface area contributed by atoms with Gasteiger partial charge in [0.05, 0.1) is 0 Å². The van der Waals surface area contributed by atoms with Crippen molar-refractivity contribution in [3.05, 3.63) is 0 Å². The summed E-state index contributed by atoms with van der Waals surface area (Å²) in [4.78, 5) is 34.5. The first-order valence-corrected chi connectivity index (χ1v) is 6.44. The Morgan fingerprint density at radius 3 is 2.37 bits per heavy atom. The summed E-state index contributed by atoms with van der Waals surface area (Å²) in [5.74, 6) is -0.961. The van der Waals surface area contributed by atoms with Gasteiger partial charge in [0.15, 0.2) is 0 Å². The highest BCUT2D eigenvalue weighted by Crippen LogP contribution is 1.93. The lowest BCUT2D eigenvalue weighted by atomic mass is 10.3. The Balaban J connectivity index is 3.67. The second-order valence-corrected chi connectivity index (χ2v) is 4.25. The van der Waals surface area contributed by atoms with E-state index in [2.05, 4.69) is 10.6 Å². The van der Waals surface area contributed by atoms with Gasteiger partial charge in [0.2, 0.25) is 5.91 Å². The van der Waals surface area contributed by atoms with Gasteiger partial charge in [-0.2, -0.15) is 0 Å². The van der Waals surface area contributed by atoms with Crippen LogP contribution < -0.4 is 10.6 Å². The number of nitrogens with one attached hydrogen (secondary N) is 2. The van der Waals surface area contributed by atoms with Gasteiger partial charge in [-0.15, -0.1) is 0 Å². The number of carboxylic acid groups (broad SMARTS) is 1. The van der Waals surface area contributed by atoms with Gasteiger partial charge >= 0.3 is 12.0 Å². The van der Waals surface area contributed by atoms with Gasteiger partial charge < -0.3 is 20.6 Å². The first kappa shape index (κ1) is 17.2. The fourth-order valence-corrected chi connectivity index (χ4v) is 1.34. The third-order valence-corrected chi connectivity index (χ3v) is 2.43. The number of urea groups is 1. The number of carboxylic acids is 1. The van der Waals surface area contributed by atoms with Crippen LogP contribution in [0.1, 0.15) is 32.6 Å². The van der Waals surface area contributed by atoms with E-state index in [1.54, 1.807) is 7.05 Å². The monoisotopic (exact) mass is 273 g/mol. The maximum absolute atomic E-state index is 11.5. The summed E-state index contributed by atoms with van der Waals surface area (Å²) < 4.78 is 0. The highest BCUT2D eigenvalue weighted by molar-refractivity contribution is 5.78. The molecule has 0 aromatic carbocycles. The molecule has 7 nitrogen and oxygen atoms in total. The van der Waals surface area contributed by atoms with Crippen molar-refractivity contribution in [3.63, 3.8) is 0 Å². The number of aliphatic carboxylic acids is 1. The van der Waals surface area contributed by atoms with Gasteiger partial charge in [0, 0.05) is 39.5 Å². The van der Waals surface area contributed by atoms with Gasteiger partial charge in [-0.25, -0.2) is 4.79 Å². The molecule has 0 aliphatic carbocycles. The SMILES string of the molecule is CCCNC(=O)CCNC(=O)N(C)CCCC(=O)O. The molecule has 0 unspecified atom stereocenters. The van der Waals surface area contributed by atoms with Crippen molar-refractivity contribution in [2.75, 3.05) is 26.7 Å². The Labute approximate surface area is 113 Å². The van der Waals surface area contributed by atoms with Gasteiger partial charge in [-0.05, 0) is 12.8 Å². The average Bonchev–Trinajstić information content (AvgIpc) is 2.35. The number of hydrogen-bond donors (Lipinski definition) is 3. The predicted molar refractivity (Wildman–Crippen MR) is 70.8 cm³/mol. The first-order chi connectivity index (χ1) is 8.97. The minimum absolute atomic E-state index is 0.0387. The molecule has 0 atom stereocenters. The minimum Gasteiger partial charge on any atom is -0.481 e. The zero-order chi connectivity index (χ0) is 14.7. The van der Waals surface area contributed by atoms with Crippen LogP contribution in [-0.4, -0.2) is 54.6 Å². The molecule has 0 heterocycles. The van der Waals surface area contributed by atoms with Crippen molar-refractivity contribution in [2.24, 2.45) is 0 Å². The molecule has 0 fully saturated rings. The molecule has 3 amide bonds. The molecule has 110 valence electrons. The highest BCUT2D eigenvalue weighted by Gasteiger charge is 2.09. The van der Waals surface area contributed by atoms with Crippen LogP contribution in [0.2, 0.25) is 0 Å². The summed E-state index contributed by atoms with van der Waals surface area (Å²) in [5, 5.41) is 13.8. The van der Waals surface area contributed by atoms with Crippen LogP contribution in [0.3, 0.4) is 0 Å². The first-order valence-electron chi connectivity index (χ1n) is 6.44. The molecule has 0 bridgehead atoms. The Bertz CT molecular complexity index is 307. The number of amides is 3. The van der Waals surface area contributed by atoms with E-state index in [9.17, 15) is 14.4 Å². The van der Waals surface area contributed by atoms with Crippen LogP contribution in [0, 0.1) is 0 Å². The molecule has 0 saturated carbocycles. The lowest BCUT2D eigenvalue weighted by Crippen LogP contribution is -2.39. The molecule has 7 heteroatoms. The summed E-state index contributed by atoms with van der Waals surface area (Å²) in [6.45, 7) is 3.26. The maximum atomic E-state index is 11.5. The third kappa shape index (κ3) is 9.87. The zero-order valence-corrected chi connectivity index (χ0v) is 11.6. The predicted octanol–water partition coefficient (Wildman–Crippen LogP) is 0.409. The number of carbonyl (C=O) groups excluding carboxylic acids is 2. The van der Waals surface area contributed by atoms with E-state index in [0.29, 0.717) is 19.5 Å². The van der Waals surface area contributed by atoms with Gasteiger partial charge in [0.25, 0.3) is 0 Å². The molecule has 3 N–H and O–H groups in total. The van der Waals surface area contributed by atoms with Gasteiger partial charge in [0.1, 0.15) is 0 Å². The Hall–Kier alpha value is -1.79.